The van der Waals surface area contributed by atoms with E-state index >= 15 is 0 Å². The Kier molecular flexibility index (Phi) is 3.97. The lowest BCUT2D eigenvalue weighted by Gasteiger charge is -2.29. The minimum absolute atomic E-state index is 0.0405. The number of amides is 1. The normalized spacial score (nSPS) is 13.5. The van der Waals surface area contributed by atoms with Gasteiger partial charge >= 0.3 is 0 Å². The van der Waals surface area contributed by atoms with Gasteiger partial charge in [-0.15, -0.1) is 0 Å². The maximum absolute atomic E-state index is 12.4. The minimum Gasteiger partial charge on any atom is -0.508 e. The highest BCUT2D eigenvalue weighted by Crippen LogP contribution is 2.25. The number of aromatic hydroxyl groups is 1. The average molecular weight is 312 g/mol. The van der Waals surface area contributed by atoms with Crippen LogP contribution in [0.3, 0.4) is 0 Å². The summed E-state index contributed by atoms with van der Waals surface area (Å²) >= 11 is 0. The molecule has 1 aliphatic rings. The molecule has 1 heterocycles. The molecule has 2 aromatic carbocycles. The number of nitrogens with zero attached hydrogens (tertiary/aromatic N) is 2. The minimum atomic E-state index is -0.428. The van der Waals surface area contributed by atoms with Gasteiger partial charge in [0.15, 0.2) is 0 Å². The number of carbonyl (C=O) groups is 1. The molecule has 1 amide bonds. The zero-order valence-corrected chi connectivity index (χ0v) is 12.4. The fourth-order valence-electron chi connectivity index (χ4n) is 2.80. The van der Waals surface area contributed by atoms with Gasteiger partial charge in [-0.1, -0.05) is 24.3 Å². The number of hydrogen-bond acceptors (Lipinski definition) is 4. The first kappa shape index (κ1) is 15.0. The van der Waals surface area contributed by atoms with Gasteiger partial charge in [0.2, 0.25) is 5.91 Å². The summed E-state index contributed by atoms with van der Waals surface area (Å²) < 4.78 is 0. The van der Waals surface area contributed by atoms with Crippen molar-refractivity contribution in [3.05, 3.63) is 69.3 Å². The Morgan fingerprint density at radius 2 is 2.00 bits per heavy atom. The number of phenols is 1. The Hall–Kier alpha value is -2.89. The van der Waals surface area contributed by atoms with E-state index in [9.17, 15) is 20.0 Å². The maximum Gasteiger partial charge on any atom is 0.269 e. The number of fused-ring (bicyclic) bond motifs is 1. The highest BCUT2D eigenvalue weighted by Gasteiger charge is 2.23. The standard InChI is InChI=1S/C17H16N2O4/c20-16-4-2-1-3-13(16)10-17(21)18-8-7-12-5-6-15(19(22)23)9-14(12)11-18/h1-6,9,20H,7-8,10-11H2. The van der Waals surface area contributed by atoms with E-state index in [-0.39, 0.29) is 23.8 Å². The average Bonchev–Trinajstić information content (AvgIpc) is 2.55. The molecule has 23 heavy (non-hydrogen) atoms. The van der Waals surface area contributed by atoms with Crippen LogP contribution in [0.25, 0.3) is 0 Å². The number of para-hydroxylation sites is 1. The summed E-state index contributed by atoms with van der Waals surface area (Å²) in [5.74, 6) is 0.0116. The van der Waals surface area contributed by atoms with Crippen molar-refractivity contribution in [1.29, 1.82) is 0 Å². The fourth-order valence-corrected chi connectivity index (χ4v) is 2.80. The van der Waals surface area contributed by atoms with Crippen LogP contribution in [0.5, 0.6) is 5.75 Å². The summed E-state index contributed by atoms with van der Waals surface area (Å²) in [5.41, 5.74) is 2.49. The summed E-state index contributed by atoms with van der Waals surface area (Å²) in [6.07, 6.45) is 0.802. The van der Waals surface area contributed by atoms with E-state index in [4.69, 9.17) is 0 Å². The van der Waals surface area contributed by atoms with Gasteiger partial charge in [-0.2, -0.15) is 0 Å². The van der Waals surface area contributed by atoms with Crippen LogP contribution in [0.15, 0.2) is 42.5 Å². The molecule has 0 saturated carbocycles. The second kappa shape index (κ2) is 6.08. The Morgan fingerprint density at radius 3 is 2.74 bits per heavy atom. The molecule has 0 fully saturated rings. The first-order valence-electron chi connectivity index (χ1n) is 7.35. The van der Waals surface area contributed by atoms with Crippen molar-refractivity contribution in [2.75, 3.05) is 6.54 Å². The molecule has 118 valence electrons. The highest BCUT2D eigenvalue weighted by molar-refractivity contribution is 5.79. The molecule has 0 aliphatic carbocycles. The third-order valence-electron chi connectivity index (χ3n) is 4.10. The van der Waals surface area contributed by atoms with Crippen LogP contribution < -0.4 is 0 Å². The molecule has 6 nitrogen and oxygen atoms in total. The number of hydrogen-bond donors (Lipinski definition) is 1. The van der Waals surface area contributed by atoms with Crippen LogP contribution in [0.2, 0.25) is 0 Å². The van der Waals surface area contributed by atoms with E-state index < -0.39 is 4.92 Å². The predicted octanol–water partition coefficient (Wildman–Crippen LogP) is 2.43. The van der Waals surface area contributed by atoms with Crippen molar-refractivity contribution in [2.45, 2.75) is 19.4 Å². The molecule has 0 spiro atoms. The molecule has 0 radical (unpaired) electrons. The van der Waals surface area contributed by atoms with E-state index in [2.05, 4.69) is 0 Å². The summed E-state index contributed by atoms with van der Waals surface area (Å²) in [4.78, 5) is 24.6. The molecule has 3 rings (SSSR count). The second-order valence-corrected chi connectivity index (χ2v) is 5.58. The molecule has 1 aliphatic heterocycles. The number of nitro groups is 1. The van der Waals surface area contributed by atoms with E-state index in [0.717, 1.165) is 11.1 Å². The largest absolute Gasteiger partial charge is 0.508 e. The summed E-state index contributed by atoms with van der Waals surface area (Å²) in [7, 11) is 0. The number of benzene rings is 2. The number of phenolic OH excluding ortho intramolecular Hbond substituents is 1. The third-order valence-corrected chi connectivity index (χ3v) is 4.10. The SMILES string of the molecule is O=C(Cc1ccccc1O)N1CCc2ccc([N+](=O)[O-])cc2C1. The summed E-state index contributed by atoms with van der Waals surface area (Å²) in [6, 6.07) is 11.6. The molecule has 6 heteroatoms. The van der Waals surface area contributed by atoms with Gasteiger partial charge in [0, 0.05) is 30.8 Å². The van der Waals surface area contributed by atoms with Crippen LogP contribution in [-0.4, -0.2) is 27.4 Å². The number of nitro benzene ring substituents is 1. The third kappa shape index (κ3) is 3.15. The number of carbonyl (C=O) groups excluding carboxylic acids is 1. The van der Waals surface area contributed by atoms with Gasteiger partial charge in [0.25, 0.3) is 5.69 Å². The molecule has 0 saturated heterocycles. The quantitative estimate of drug-likeness (QED) is 0.697. The summed E-state index contributed by atoms with van der Waals surface area (Å²) in [5, 5.41) is 20.6. The molecular formula is C17H16N2O4. The zero-order chi connectivity index (χ0) is 16.4. The van der Waals surface area contributed by atoms with E-state index in [1.807, 2.05) is 0 Å². The van der Waals surface area contributed by atoms with Crippen molar-refractivity contribution in [1.82, 2.24) is 4.90 Å². The van der Waals surface area contributed by atoms with Crippen molar-refractivity contribution in [3.63, 3.8) is 0 Å². The zero-order valence-electron chi connectivity index (χ0n) is 12.4. The van der Waals surface area contributed by atoms with E-state index in [0.29, 0.717) is 25.1 Å². The summed E-state index contributed by atoms with van der Waals surface area (Å²) in [6.45, 7) is 0.945. The monoisotopic (exact) mass is 312 g/mol. The molecule has 1 N–H and O–H groups in total. The van der Waals surface area contributed by atoms with Crippen LogP contribution in [0.4, 0.5) is 5.69 Å². The molecule has 0 atom stereocenters. The smallest absolute Gasteiger partial charge is 0.269 e. The van der Waals surface area contributed by atoms with Crippen molar-refractivity contribution in [3.8, 4) is 5.75 Å². The van der Waals surface area contributed by atoms with Gasteiger partial charge in [0.05, 0.1) is 11.3 Å². The van der Waals surface area contributed by atoms with Gasteiger partial charge in [-0.25, -0.2) is 0 Å². The lowest BCUT2D eigenvalue weighted by Crippen LogP contribution is -2.36. The van der Waals surface area contributed by atoms with Crippen LogP contribution in [0.1, 0.15) is 16.7 Å². The first-order valence-corrected chi connectivity index (χ1v) is 7.35. The van der Waals surface area contributed by atoms with Crippen LogP contribution in [0, 0.1) is 10.1 Å². The lowest BCUT2D eigenvalue weighted by atomic mass is 9.98. The topological polar surface area (TPSA) is 83.7 Å². The number of rotatable bonds is 3. The van der Waals surface area contributed by atoms with E-state index in [1.165, 1.54) is 12.1 Å². The lowest BCUT2D eigenvalue weighted by molar-refractivity contribution is -0.385. The van der Waals surface area contributed by atoms with Gasteiger partial charge in [0.1, 0.15) is 5.75 Å². The molecular weight excluding hydrogens is 296 g/mol. The molecule has 0 bridgehead atoms. The Balaban J connectivity index is 1.76. The predicted molar refractivity (Wildman–Crippen MR) is 84.0 cm³/mol. The number of non-ortho nitro benzene ring substituents is 1. The van der Waals surface area contributed by atoms with Gasteiger partial charge in [-0.3, -0.25) is 14.9 Å². The van der Waals surface area contributed by atoms with Gasteiger partial charge < -0.3 is 10.0 Å². The van der Waals surface area contributed by atoms with Crippen LogP contribution in [-0.2, 0) is 24.2 Å². The molecule has 0 aromatic heterocycles. The Labute approximate surface area is 133 Å². The molecule has 2 aromatic rings. The highest BCUT2D eigenvalue weighted by atomic mass is 16.6. The van der Waals surface area contributed by atoms with E-state index in [1.54, 1.807) is 35.2 Å². The maximum atomic E-state index is 12.4. The van der Waals surface area contributed by atoms with Crippen molar-refractivity contribution in [2.24, 2.45) is 0 Å². The van der Waals surface area contributed by atoms with Crippen molar-refractivity contribution >= 4 is 11.6 Å². The van der Waals surface area contributed by atoms with Gasteiger partial charge in [-0.05, 0) is 23.6 Å². The fraction of sp³-hybridized carbons (Fsp3) is 0.235. The Bertz CT molecular complexity index is 773. The van der Waals surface area contributed by atoms with Crippen LogP contribution >= 0.6 is 0 Å². The second-order valence-electron chi connectivity index (χ2n) is 5.58. The molecule has 0 unspecified atom stereocenters. The van der Waals surface area contributed by atoms with Crippen molar-refractivity contribution < 1.29 is 14.8 Å². The Morgan fingerprint density at radius 1 is 1.22 bits per heavy atom. The first-order chi connectivity index (χ1) is 11.0.